The van der Waals surface area contributed by atoms with Gasteiger partial charge < -0.3 is 4.74 Å². The number of esters is 1. The topological polar surface area (TPSA) is 43.4 Å². The summed E-state index contributed by atoms with van der Waals surface area (Å²) < 4.78 is 5.24. The minimum atomic E-state index is -0.339. The van der Waals surface area contributed by atoms with Crippen molar-refractivity contribution in [2.24, 2.45) is 0 Å². The third-order valence-corrected chi connectivity index (χ3v) is 4.50. The number of hydrogen-bond donors (Lipinski definition) is 0. The summed E-state index contributed by atoms with van der Waals surface area (Å²) in [5.74, 6) is -0.375. The van der Waals surface area contributed by atoms with E-state index in [9.17, 15) is 9.59 Å². The van der Waals surface area contributed by atoms with Crippen LogP contribution in [-0.2, 0) is 14.3 Å². The first kappa shape index (κ1) is 18.3. The zero-order valence-corrected chi connectivity index (χ0v) is 15.1. The average Bonchev–Trinajstić information content (AvgIpc) is 3.23. The molecule has 0 heterocycles. The van der Waals surface area contributed by atoms with Crippen molar-refractivity contribution < 1.29 is 14.3 Å². The lowest BCUT2D eigenvalue weighted by Gasteiger charge is -2.19. The van der Waals surface area contributed by atoms with Crippen molar-refractivity contribution in [1.29, 1.82) is 0 Å². The van der Waals surface area contributed by atoms with Crippen LogP contribution in [0.5, 0.6) is 0 Å². The lowest BCUT2D eigenvalue weighted by molar-refractivity contribution is -0.137. The van der Waals surface area contributed by atoms with Crippen molar-refractivity contribution >= 4 is 23.5 Å². The molecule has 0 aromatic rings. The summed E-state index contributed by atoms with van der Waals surface area (Å²) in [6, 6.07) is 0. The molecular weight excluding hydrogens is 320 g/mol. The summed E-state index contributed by atoms with van der Waals surface area (Å²) in [4.78, 5) is 24.9. The number of carbonyl (C=O) groups is 2. The Labute approximate surface area is 147 Å². The van der Waals surface area contributed by atoms with Crippen molar-refractivity contribution in [1.82, 2.24) is 0 Å². The Morgan fingerprint density at radius 1 is 1.17 bits per heavy atom. The summed E-state index contributed by atoms with van der Waals surface area (Å²) in [7, 11) is 0. The van der Waals surface area contributed by atoms with Gasteiger partial charge in [-0.1, -0.05) is 36.5 Å². The van der Waals surface area contributed by atoms with Gasteiger partial charge in [-0.3, -0.25) is 4.79 Å². The zero-order valence-electron chi connectivity index (χ0n) is 14.3. The molecule has 0 aliphatic heterocycles. The van der Waals surface area contributed by atoms with Crippen LogP contribution in [0.1, 0.15) is 26.7 Å². The molecule has 0 fully saturated rings. The van der Waals surface area contributed by atoms with E-state index in [1.807, 2.05) is 42.7 Å². The van der Waals surface area contributed by atoms with E-state index in [4.69, 9.17) is 4.74 Å². The molecule has 0 atom stereocenters. The second kappa shape index (κ2) is 8.69. The number of rotatable bonds is 7. The summed E-state index contributed by atoms with van der Waals surface area (Å²) in [6.07, 6.45) is 17.0. The van der Waals surface area contributed by atoms with Crippen LogP contribution in [0.3, 0.4) is 0 Å². The van der Waals surface area contributed by atoms with Gasteiger partial charge in [0.1, 0.15) is 4.91 Å². The van der Waals surface area contributed by atoms with Gasteiger partial charge in [0, 0.05) is 5.57 Å². The molecule has 2 aliphatic carbocycles. The van der Waals surface area contributed by atoms with Crippen LogP contribution in [0.15, 0.2) is 69.7 Å². The first-order valence-corrected chi connectivity index (χ1v) is 9.21. The maximum atomic E-state index is 12.5. The molecule has 0 bridgehead atoms. The maximum absolute atomic E-state index is 12.5. The molecule has 0 radical (unpaired) electrons. The van der Waals surface area contributed by atoms with E-state index in [1.165, 1.54) is 18.7 Å². The minimum absolute atomic E-state index is 0.0360. The predicted molar refractivity (Wildman–Crippen MR) is 99.6 cm³/mol. The van der Waals surface area contributed by atoms with Gasteiger partial charge in [-0.05, 0) is 55.7 Å². The van der Waals surface area contributed by atoms with E-state index in [1.54, 1.807) is 13.0 Å². The number of carbonyl (C=O) groups excluding carboxylic acids is 2. The Hall–Kier alpha value is -2.07. The molecule has 24 heavy (non-hydrogen) atoms. The predicted octanol–water partition coefficient (Wildman–Crippen LogP) is 4.45. The molecule has 0 saturated carbocycles. The Bertz CT molecular complexity index is 715. The van der Waals surface area contributed by atoms with Crippen LogP contribution < -0.4 is 0 Å². The summed E-state index contributed by atoms with van der Waals surface area (Å²) in [6.45, 7) is 3.65. The van der Waals surface area contributed by atoms with Crippen molar-refractivity contribution in [3.8, 4) is 0 Å². The first-order chi connectivity index (χ1) is 11.6. The molecule has 0 saturated heterocycles. The van der Waals surface area contributed by atoms with Gasteiger partial charge in [-0.25, -0.2) is 4.79 Å². The quantitative estimate of drug-likeness (QED) is 0.389. The SMILES string of the molecule is CCOC(=O)/C(SC)=C(C1=CC=CC1)/C(=C/C(C)=O)C1=CC=CC1. The Balaban J connectivity index is 2.63. The maximum Gasteiger partial charge on any atom is 0.345 e. The van der Waals surface area contributed by atoms with Gasteiger partial charge >= 0.3 is 5.97 Å². The smallest absolute Gasteiger partial charge is 0.345 e. The highest BCUT2D eigenvalue weighted by molar-refractivity contribution is 8.03. The Kier molecular flexibility index (Phi) is 6.62. The van der Waals surface area contributed by atoms with Crippen molar-refractivity contribution in [3.05, 3.63) is 69.7 Å². The fourth-order valence-corrected chi connectivity index (χ4v) is 3.40. The van der Waals surface area contributed by atoms with Gasteiger partial charge in [0.25, 0.3) is 0 Å². The molecule has 0 amide bonds. The first-order valence-electron chi connectivity index (χ1n) is 7.98. The van der Waals surface area contributed by atoms with Gasteiger partial charge in [-0.2, -0.15) is 0 Å². The highest BCUT2D eigenvalue weighted by Gasteiger charge is 2.25. The third kappa shape index (κ3) is 4.26. The van der Waals surface area contributed by atoms with Crippen LogP contribution in [-0.4, -0.2) is 24.6 Å². The highest BCUT2D eigenvalue weighted by atomic mass is 32.2. The summed E-state index contributed by atoms with van der Waals surface area (Å²) in [5.41, 5.74) is 3.72. The second-order valence-electron chi connectivity index (χ2n) is 5.45. The van der Waals surface area contributed by atoms with E-state index in [2.05, 4.69) is 0 Å². The van der Waals surface area contributed by atoms with Gasteiger partial charge in [0.05, 0.1) is 6.61 Å². The van der Waals surface area contributed by atoms with Gasteiger partial charge in [0.15, 0.2) is 5.78 Å². The van der Waals surface area contributed by atoms with Crippen molar-refractivity contribution in [2.45, 2.75) is 26.7 Å². The standard InChI is InChI=1S/C20H22O3S/c1-4-23-20(22)19(24-3)18(16-11-7-8-12-16)17(13-14(2)21)15-9-5-6-10-15/h5-9,11,13H,4,10,12H2,1-3H3/b17-13+,19-18-. The third-order valence-electron chi connectivity index (χ3n) is 3.72. The van der Waals surface area contributed by atoms with Gasteiger partial charge in [-0.15, -0.1) is 11.8 Å². The highest BCUT2D eigenvalue weighted by Crippen LogP contribution is 2.38. The van der Waals surface area contributed by atoms with Crippen LogP contribution in [0.4, 0.5) is 0 Å². The Morgan fingerprint density at radius 2 is 1.79 bits per heavy atom. The van der Waals surface area contributed by atoms with Crippen molar-refractivity contribution in [3.63, 3.8) is 0 Å². The zero-order chi connectivity index (χ0) is 17.5. The summed E-state index contributed by atoms with van der Waals surface area (Å²) >= 11 is 1.36. The number of thioether (sulfide) groups is 1. The molecule has 0 unspecified atom stereocenters. The molecule has 4 heteroatoms. The molecule has 0 N–H and O–H groups in total. The molecule has 0 aromatic carbocycles. The lowest BCUT2D eigenvalue weighted by Crippen LogP contribution is -2.11. The molecule has 0 aromatic heterocycles. The largest absolute Gasteiger partial charge is 0.462 e. The minimum Gasteiger partial charge on any atom is -0.462 e. The van der Waals surface area contributed by atoms with Crippen LogP contribution in [0, 0.1) is 0 Å². The van der Waals surface area contributed by atoms with Crippen molar-refractivity contribution in [2.75, 3.05) is 12.9 Å². The van der Waals surface area contributed by atoms with Crippen LogP contribution in [0.2, 0.25) is 0 Å². The Morgan fingerprint density at radius 3 is 2.25 bits per heavy atom. The number of ketones is 1. The second-order valence-corrected chi connectivity index (χ2v) is 6.26. The van der Waals surface area contributed by atoms with E-state index >= 15 is 0 Å². The van der Waals surface area contributed by atoms with Crippen LogP contribution >= 0.6 is 11.8 Å². The number of allylic oxidation sites excluding steroid dienone is 11. The normalized spacial score (nSPS) is 17.5. The van der Waals surface area contributed by atoms with E-state index in [-0.39, 0.29) is 11.8 Å². The monoisotopic (exact) mass is 342 g/mol. The molecule has 2 rings (SSSR count). The molecule has 126 valence electrons. The number of ether oxygens (including phenoxy) is 1. The van der Waals surface area contributed by atoms with Gasteiger partial charge in [0.2, 0.25) is 0 Å². The molecule has 2 aliphatic rings. The average molecular weight is 342 g/mol. The lowest BCUT2D eigenvalue weighted by atomic mass is 9.89. The fourth-order valence-electron chi connectivity index (χ4n) is 2.73. The van der Waals surface area contributed by atoms with E-state index in [0.29, 0.717) is 11.5 Å². The summed E-state index contributed by atoms with van der Waals surface area (Å²) in [5, 5.41) is 0. The molecule has 0 spiro atoms. The molecule has 3 nitrogen and oxygen atoms in total. The van der Waals surface area contributed by atoms with E-state index < -0.39 is 0 Å². The van der Waals surface area contributed by atoms with E-state index in [0.717, 1.165) is 35.1 Å². The molecular formula is C20H22O3S. The fraction of sp³-hybridized carbons (Fsp3) is 0.300. The number of hydrogen-bond acceptors (Lipinski definition) is 4. The van der Waals surface area contributed by atoms with Crippen LogP contribution in [0.25, 0.3) is 0 Å².